The van der Waals surface area contributed by atoms with Crippen molar-refractivity contribution in [3.8, 4) is 10.7 Å². The molecule has 0 aliphatic heterocycles. The predicted molar refractivity (Wildman–Crippen MR) is 79.4 cm³/mol. The number of pyridine rings is 1. The number of anilines is 1. The molecule has 4 nitrogen and oxygen atoms in total. The minimum Gasteiger partial charge on any atom is -0.360 e. The van der Waals surface area contributed by atoms with Gasteiger partial charge in [-0.05, 0) is 18.6 Å². The summed E-state index contributed by atoms with van der Waals surface area (Å²) in [6, 6.07) is 12.1. The third-order valence-corrected chi connectivity index (χ3v) is 3.67. The summed E-state index contributed by atoms with van der Waals surface area (Å²) in [5.74, 6) is 0. The number of nitrogens with one attached hydrogen (secondary N) is 1. The smallest absolute Gasteiger partial charge is 0.206 e. The molecule has 0 fully saturated rings. The van der Waals surface area contributed by atoms with Crippen molar-refractivity contribution in [1.82, 2.24) is 15.2 Å². The Morgan fingerprint density at radius 1 is 1.11 bits per heavy atom. The Labute approximate surface area is 115 Å². The highest BCUT2D eigenvalue weighted by molar-refractivity contribution is 7.18. The normalized spacial score (nSPS) is 10.8. The molecule has 0 radical (unpaired) electrons. The molecule has 3 aromatic rings. The molecule has 0 unspecified atom stereocenters. The topological polar surface area (TPSA) is 50.7 Å². The second kappa shape index (κ2) is 5.32. The van der Waals surface area contributed by atoms with Gasteiger partial charge in [0.25, 0.3) is 0 Å². The number of para-hydroxylation sites is 1. The fraction of sp³-hybridized carbons (Fsp3) is 0.214. The molecular formula is C14H14N4S. The van der Waals surface area contributed by atoms with E-state index in [0.29, 0.717) is 0 Å². The van der Waals surface area contributed by atoms with Crippen molar-refractivity contribution in [2.75, 3.05) is 11.9 Å². The number of hydrogen-bond acceptors (Lipinski definition) is 5. The van der Waals surface area contributed by atoms with Crippen LogP contribution in [0.15, 0.2) is 36.4 Å². The summed E-state index contributed by atoms with van der Waals surface area (Å²) in [5, 5.41) is 14.4. The lowest BCUT2D eigenvalue weighted by Crippen LogP contribution is -1.98. The maximum atomic E-state index is 4.62. The summed E-state index contributed by atoms with van der Waals surface area (Å²) >= 11 is 1.54. The quantitative estimate of drug-likeness (QED) is 0.787. The van der Waals surface area contributed by atoms with E-state index in [4.69, 9.17) is 0 Å². The van der Waals surface area contributed by atoms with E-state index in [1.807, 2.05) is 24.3 Å². The van der Waals surface area contributed by atoms with E-state index in [-0.39, 0.29) is 0 Å². The van der Waals surface area contributed by atoms with Gasteiger partial charge in [-0.2, -0.15) is 0 Å². The predicted octanol–water partition coefficient (Wildman–Crippen LogP) is 3.58. The molecule has 2 heterocycles. The summed E-state index contributed by atoms with van der Waals surface area (Å²) in [6.45, 7) is 3.04. The van der Waals surface area contributed by atoms with Crippen LogP contribution in [-0.2, 0) is 0 Å². The van der Waals surface area contributed by atoms with E-state index in [1.54, 1.807) is 0 Å². The number of hydrogen-bond donors (Lipinski definition) is 1. The maximum absolute atomic E-state index is 4.62. The van der Waals surface area contributed by atoms with Gasteiger partial charge in [-0.15, -0.1) is 10.2 Å². The first-order valence-corrected chi connectivity index (χ1v) is 7.12. The number of aromatic nitrogens is 3. The van der Waals surface area contributed by atoms with Crippen molar-refractivity contribution in [1.29, 1.82) is 0 Å². The van der Waals surface area contributed by atoms with Crippen LogP contribution in [0.3, 0.4) is 0 Å². The Kier molecular flexibility index (Phi) is 3.37. The molecule has 0 amide bonds. The molecule has 0 saturated heterocycles. The van der Waals surface area contributed by atoms with E-state index in [9.17, 15) is 0 Å². The van der Waals surface area contributed by atoms with Crippen molar-refractivity contribution in [2.45, 2.75) is 13.3 Å². The van der Waals surface area contributed by atoms with Gasteiger partial charge in [0.2, 0.25) is 5.13 Å². The highest BCUT2D eigenvalue weighted by Crippen LogP contribution is 2.26. The first-order chi connectivity index (χ1) is 9.36. The van der Waals surface area contributed by atoms with Crippen LogP contribution >= 0.6 is 11.3 Å². The second-order valence-corrected chi connectivity index (χ2v) is 5.21. The Bertz CT molecular complexity index is 692. The van der Waals surface area contributed by atoms with Gasteiger partial charge in [-0.25, -0.2) is 4.98 Å². The van der Waals surface area contributed by atoms with E-state index in [2.05, 4.69) is 39.6 Å². The lowest BCUT2D eigenvalue weighted by atomic mass is 10.2. The van der Waals surface area contributed by atoms with E-state index < -0.39 is 0 Å². The van der Waals surface area contributed by atoms with Crippen molar-refractivity contribution < 1.29 is 0 Å². The van der Waals surface area contributed by atoms with Crippen LogP contribution in [0.25, 0.3) is 21.6 Å². The van der Waals surface area contributed by atoms with E-state index in [1.165, 1.54) is 11.3 Å². The van der Waals surface area contributed by atoms with Crippen LogP contribution in [0.5, 0.6) is 0 Å². The molecule has 0 spiro atoms. The third-order valence-electron chi connectivity index (χ3n) is 2.77. The third kappa shape index (κ3) is 2.56. The van der Waals surface area contributed by atoms with Crippen molar-refractivity contribution >= 4 is 27.4 Å². The number of benzene rings is 1. The van der Waals surface area contributed by atoms with Crippen LogP contribution in [0.4, 0.5) is 5.13 Å². The molecule has 0 atom stereocenters. The summed E-state index contributed by atoms with van der Waals surface area (Å²) in [6.07, 6.45) is 1.07. The molecule has 1 aromatic carbocycles. The highest BCUT2D eigenvalue weighted by Gasteiger charge is 2.08. The lowest BCUT2D eigenvalue weighted by molar-refractivity contribution is 0.963. The number of rotatable bonds is 4. The van der Waals surface area contributed by atoms with Gasteiger partial charge in [-0.3, -0.25) is 0 Å². The minimum absolute atomic E-state index is 0.851. The molecule has 96 valence electrons. The Hall–Kier alpha value is -2.01. The Morgan fingerprint density at radius 2 is 2.00 bits per heavy atom. The van der Waals surface area contributed by atoms with Gasteiger partial charge in [-0.1, -0.05) is 42.5 Å². The van der Waals surface area contributed by atoms with Crippen LogP contribution in [-0.4, -0.2) is 21.7 Å². The molecule has 0 bridgehead atoms. The average molecular weight is 270 g/mol. The fourth-order valence-corrected chi connectivity index (χ4v) is 2.55. The summed E-state index contributed by atoms with van der Waals surface area (Å²) in [4.78, 5) is 4.62. The largest absolute Gasteiger partial charge is 0.360 e. The zero-order chi connectivity index (χ0) is 13.1. The van der Waals surface area contributed by atoms with E-state index in [0.717, 1.165) is 39.7 Å². The molecule has 1 N–H and O–H groups in total. The molecule has 0 aliphatic carbocycles. The Morgan fingerprint density at radius 3 is 2.89 bits per heavy atom. The lowest BCUT2D eigenvalue weighted by Gasteiger charge is -1.99. The zero-order valence-electron chi connectivity index (χ0n) is 10.6. The number of nitrogens with zero attached hydrogens (tertiary/aromatic N) is 3. The molecular weight excluding hydrogens is 256 g/mol. The number of fused-ring (bicyclic) bond motifs is 1. The molecule has 0 aliphatic rings. The monoisotopic (exact) mass is 270 g/mol. The van der Waals surface area contributed by atoms with Gasteiger partial charge in [0.1, 0.15) is 5.69 Å². The first-order valence-electron chi connectivity index (χ1n) is 6.30. The molecule has 0 saturated carbocycles. The van der Waals surface area contributed by atoms with Gasteiger partial charge in [0, 0.05) is 11.9 Å². The van der Waals surface area contributed by atoms with Crippen LogP contribution in [0, 0.1) is 0 Å². The fourth-order valence-electron chi connectivity index (χ4n) is 1.82. The SMILES string of the molecule is CCCNc1nnc(-c2ccc3ccccc3n2)s1. The van der Waals surface area contributed by atoms with Gasteiger partial charge >= 0.3 is 0 Å². The summed E-state index contributed by atoms with van der Waals surface area (Å²) in [5.41, 5.74) is 1.86. The van der Waals surface area contributed by atoms with Crippen molar-refractivity contribution in [3.05, 3.63) is 36.4 Å². The van der Waals surface area contributed by atoms with E-state index >= 15 is 0 Å². The Balaban J connectivity index is 1.92. The highest BCUT2D eigenvalue weighted by atomic mass is 32.1. The molecule has 5 heteroatoms. The zero-order valence-corrected chi connectivity index (χ0v) is 11.4. The summed E-state index contributed by atoms with van der Waals surface area (Å²) in [7, 11) is 0. The minimum atomic E-state index is 0.851. The average Bonchev–Trinajstić information content (AvgIpc) is 2.93. The van der Waals surface area contributed by atoms with Gasteiger partial charge < -0.3 is 5.32 Å². The van der Waals surface area contributed by atoms with Crippen molar-refractivity contribution in [2.24, 2.45) is 0 Å². The molecule has 2 aromatic heterocycles. The second-order valence-electron chi connectivity index (χ2n) is 4.23. The van der Waals surface area contributed by atoms with Gasteiger partial charge in [0.15, 0.2) is 5.01 Å². The van der Waals surface area contributed by atoms with Crippen LogP contribution in [0.2, 0.25) is 0 Å². The van der Waals surface area contributed by atoms with Crippen LogP contribution < -0.4 is 5.32 Å². The standard InChI is InChI=1S/C14H14N4S/c1-2-9-15-14-18-17-13(19-14)12-8-7-10-5-3-4-6-11(10)16-12/h3-8H,2,9H2,1H3,(H,15,18). The van der Waals surface area contributed by atoms with Crippen molar-refractivity contribution in [3.63, 3.8) is 0 Å². The molecule has 3 rings (SSSR count). The van der Waals surface area contributed by atoms with Crippen LogP contribution in [0.1, 0.15) is 13.3 Å². The maximum Gasteiger partial charge on any atom is 0.206 e. The van der Waals surface area contributed by atoms with Gasteiger partial charge in [0.05, 0.1) is 5.52 Å². The molecule has 19 heavy (non-hydrogen) atoms. The summed E-state index contributed by atoms with van der Waals surface area (Å²) < 4.78 is 0. The first kappa shape index (κ1) is 12.0.